The van der Waals surface area contributed by atoms with Gasteiger partial charge in [0.15, 0.2) is 0 Å². The number of aromatic amines is 1. The lowest BCUT2D eigenvalue weighted by atomic mass is 10.1. The zero-order valence-electron chi connectivity index (χ0n) is 17.8. The van der Waals surface area contributed by atoms with Crippen LogP contribution >= 0.6 is 0 Å². The molecular weight excluding hydrogens is 410 g/mol. The average Bonchev–Trinajstić information content (AvgIpc) is 3.34. The number of methoxy groups -OCH3 is 1. The standard InChI is InChI=1S/C24H23N3O5/c1-15(28)26(12-11-17-14-25-20-6-4-3-5-19(17)20)21-13-22(29)27(23(21)30)18-9-7-16(8-10-18)24(31)32-2/h3-10,14,21,25H,11-13H2,1-2H3. The molecule has 0 spiro atoms. The van der Waals surface area contributed by atoms with E-state index in [9.17, 15) is 19.2 Å². The third-order valence-electron chi connectivity index (χ3n) is 5.75. The minimum Gasteiger partial charge on any atom is -0.465 e. The Morgan fingerprint density at radius 1 is 1.12 bits per heavy atom. The van der Waals surface area contributed by atoms with Crippen LogP contribution in [0.4, 0.5) is 5.69 Å². The number of imide groups is 1. The number of amides is 3. The van der Waals surface area contributed by atoms with Crippen molar-refractivity contribution in [2.45, 2.75) is 25.8 Å². The number of H-pyrrole nitrogens is 1. The van der Waals surface area contributed by atoms with Crippen LogP contribution in [-0.2, 0) is 25.5 Å². The predicted molar refractivity (Wildman–Crippen MR) is 118 cm³/mol. The van der Waals surface area contributed by atoms with Crippen LogP contribution in [0.25, 0.3) is 10.9 Å². The highest BCUT2D eigenvalue weighted by Gasteiger charge is 2.43. The van der Waals surface area contributed by atoms with Gasteiger partial charge in [-0.05, 0) is 42.3 Å². The zero-order chi connectivity index (χ0) is 22.8. The average molecular weight is 433 g/mol. The van der Waals surface area contributed by atoms with Gasteiger partial charge in [-0.2, -0.15) is 0 Å². The molecule has 8 heteroatoms. The van der Waals surface area contributed by atoms with Gasteiger partial charge < -0.3 is 14.6 Å². The van der Waals surface area contributed by atoms with E-state index in [0.717, 1.165) is 21.4 Å². The third-order valence-corrected chi connectivity index (χ3v) is 5.75. The van der Waals surface area contributed by atoms with Crippen molar-refractivity contribution in [3.05, 3.63) is 65.9 Å². The number of ether oxygens (including phenoxy) is 1. The number of nitrogens with zero attached hydrogens (tertiary/aromatic N) is 2. The van der Waals surface area contributed by atoms with E-state index in [4.69, 9.17) is 0 Å². The van der Waals surface area contributed by atoms with Crippen LogP contribution in [0.1, 0.15) is 29.3 Å². The summed E-state index contributed by atoms with van der Waals surface area (Å²) in [4.78, 5) is 55.6. The van der Waals surface area contributed by atoms with Gasteiger partial charge in [-0.25, -0.2) is 9.69 Å². The number of esters is 1. The van der Waals surface area contributed by atoms with Crippen molar-refractivity contribution >= 4 is 40.3 Å². The van der Waals surface area contributed by atoms with Gasteiger partial charge in [0.25, 0.3) is 5.91 Å². The Labute approximate surface area is 184 Å². The number of rotatable bonds is 6. The van der Waals surface area contributed by atoms with Crippen LogP contribution in [0, 0.1) is 0 Å². The molecule has 1 aliphatic rings. The Balaban J connectivity index is 1.52. The van der Waals surface area contributed by atoms with Gasteiger partial charge in [0.2, 0.25) is 11.8 Å². The first kappa shape index (κ1) is 21.3. The predicted octanol–water partition coefficient (Wildman–Crippen LogP) is 2.68. The van der Waals surface area contributed by atoms with E-state index in [0.29, 0.717) is 24.2 Å². The van der Waals surface area contributed by atoms with Crippen LogP contribution in [0.3, 0.4) is 0 Å². The highest BCUT2D eigenvalue weighted by molar-refractivity contribution is 6.23. The van der Waals surface area contributed by atoms with Gasteiger partial charge in [0.05, 0.1) is 24.8 Å². The first-order chi connectivity index (χ1) is 15.4. The van der Waals surface area contributed by atoms with E-state index in [1.807, 2.05) is 30.5 Å². The van der Waals surface area contributed by atoms with Crippen LogP contribution in [0.5, 0.6) is 0 Å². The molecule has 1 atom stereocenters. The van der Waals surface area contributed by atoms with E-state index < -0.39 is 17.9 Å². The number of hydrogen-bond donors (Lipinski definition) is 1. The van der Waals surface area contributed by atoms with Crippen molar-refractivity contribution in [3.63, 3.8) is 0 Å². The van der Waals surface area contributed by atoms with Crippen LogP contribution < -0.4 is 4.90 Å². The summed E-state index contributed by atoms with van der Waals surface area (Å²) < 4.78 is 4.67. The van der Waals surface area contributed by atoms with Gasteiger partial charge in [-0.1, -0.05) is 18.2 Å². The smallest absolute Gasteiger partial charge is 0.337 e. The SMILES string of the molecule is COC(=O)c1ccc(N2C(=O)CC(N(CCc3c[nH]c4ccccc34)C(C)=O)C2=O)cc1. The Morgan fingerprint density at radius 2 is 1.84 bits per heavy atom. The molecule has 164 valence electrons. The van der Waals surface area contributed by atoms with E-state index >= 15 is 0 Å². The number of benzene rings is 2. The Kier molecular flexibility index (Phi) is 5.77. The fraction of sp³-hybridized carbons (Fsp3) is 0.250. The van der Waals surface area contributed by atoms with Crippen LogP contribution in [0.2, 0.25) is 0 Å². The number of para-hydroxylation sites is 1. The van der Waals surface area contributed by atoms with Gasteiger partial charge in [0.1, 0.15) is 6.04 Å². The molecule has 2 aromatic carbocycles. The molecule has 0 bridgehead atoms. The quantitative estimate of drug-likeness (QED) is 0.476. The van der Waals surface area contributed by atoms with Crippen molar-refractivity contribution in [1.82, 2.24) is 9.88 Å². The summed E-state index contributed by atoms with van der Waals surface area (Å²) in [7, 11) is 1.28. The van der Waals surface area contributed by atoms with Crippen molar-refractivity contribution < 1.29 is 23.9 Å². The maximum absolute atomic E-state index is 13.1. The van der Waals surface area contributed by atoms with E-state index in [1.54, 1.807) is 0 Å². The number of carbonyl (C=O) groups is 4. The molecule has 3 amide bonds. The summed E-state index contributed by atoms with van der Waals surface area (Å²) in [6.45, 7) is 1.72. The monoisotopic (exact) mass is 433 g/mol. The molecule has 32 heavy (non-hydrogen) atoms. The van der Waals surface area contributed by atoms with Crippen LogP contribution in [0.15, 0.2) is 54.7 Å². The fourth-order valence-electron chi connectivity index (χ4n) is 4.11. The maximum Gasteiger partial charge on any atom is 0.337 e. The Morgan fingerprint density at radius 3 is 2.53 bits per heavy atom. The van der Waals surface area contributed by atoms with Crippen molar-refractivity contribution in [2.75, 3.05) is 18.6 Å². The minimum absolute atomic E-state index is 0.0783. The van der Waals surface area contributed by atoms with Gasteiger partial charge in [-0.3, -0.25) is 14.4 Å². The number of carbonyl (C=O) groups excluding carboxylic acids is 4. The van der Waals surface area contributed by atoms with Gasteiger partial charge in [0, 0.05) is 30.6 Å². The van der Waals surface area contributed by atoms with Gasteiger partial charge >= 0.3 is 5.97 Å². The lowest BCUT2D eigenvalue weighted by Gasteiger charge is -2.26. The van der Waals surface area contributed by atoms with Crippen LogP contribution in [-0.4, -0.2) is 53.3 Å². The summed E-state index contributed by atoms with van der Waals surface area (Å²) in [5.41, 5.74) is 2.72. The number of anilines is 1. The second-order valence-corrected chi connectivity index (χ2v) is 7.65. The number of fused-ring (bicyclic) bond motifs is 1. The first-order valence-electron chi connectivity index (χ1n) is 10.3. The lowest BCUT2D eigenvalue weighted by Crippen LogP contribution is -2.45. The maximum atomic E-state index is 13.1. The number of hydrogen-bond acceptors (Lipinski definition) is 5. The summed E-state index contributed by atoms with van der Waals surface area (Å²) >= 11 is 0. The van der Waals surface area contributed by atoms with E-state index in [-0.39, 0.29) is 18.2 Å². The Bertz CT molecular complexity index is 1200. The largest absolute Gasteiger partial charge is 0.465 e. The molecule has 1 N–H and O–H groups in total. The molecule has 1 fully saturated rings. The zero-order valence-corrected chi connectivity index (χ0v) is 17.8. The molecule has 2 heterocycles. The Hall–Kier alpha value is -3.94. The molecule has 1 aliphatic heterocycles. The second kappa shape index (κ2) is 8.66. The molecule has 0 saturated carbocycles. The topological polar surface area (TPSA) is 99.8 Å². The van der Waals surface area contributed by atoms with Crippen molar-refractivity contribution in [2.24, 2.45) is 0 Å². The third kappa shape index (κ3) is 3.87. The molecule has 1 saturated heterocycles. The highest BCUT2D eigenvalue weighted by Crippen LogP contribution is 2.27. The molecule has 3 aromatic rings. The minimum atomic E-state index is -0.856. The number of nitrogens with one attached hydrogen (secondary N) is 1. The highest BCUT2D eigenvalue weighted by atomic mass is 16.5. The van der Waals surface area contributed by atoms with Crippen molar-refractivity contribution in [3.8, 4) is 0 Å². The summed E-state index contributed by atoms with van der Waals surface area (Å²) in [5.74, 6) is -1.61. The van der Waals surface area contributed by atoms with E-state index in [2.05, 4.69) is 9.72 Å². The number of aromatic nitrogens is 1. The van der Waals surface area contributed by atoms with Gasteiger partial charge in [-0.15, -0.1) is 0 Å². The fourth-order valence-corrected chi connectivity index (χ4v) is 4.11. The molecule has 4 rings (SSSR count). The summed E-state index contributed by atoms with van der Waals surface area (Å²) in [6.07, 6.45) is 2.38. The first-order valence-corrected chi connectivity index (χ1v) is 10.3. The molecule has 1 aromatic heterocycles. The van der Waals surface area contributed by atoms with Crippen molar-refractivity contribution in [1.29, 1.82) is 0 Å². The molecule has 0 radical (unpaired) electrons. The molecular formula is C24H23N3O5. The lowest BCUT2D eigenvalue weighted by molar-refractivity contribution is -0.136. The van der Waals surface area contributed by atoms with E-state index in [1.165, 1.54) is 43.2 Å². The summed E-state index contributed by atoms with van der Waals surface area (Å²) in [6, 6.07) is 13.1. The summed E-state index contributed by atoms with van der Waals surface area (Å²) in [5, 5.41) is 1.07. The molecule has 8 nitrogen and oxygen atoms in total. The molecule has 0 aliphatic carbocycles. The molecule has 1 unspecified atom stereocenters. The normalized spacial score (nSPS) is 15.9. The second-order valence-electron chi connectivity index (χ2n) is 7.65.